The highest BCUT2D eigenvalue weighted by atomic mass is 16.4. The molecule has 21 heavy (non-hydrogen) atoms. The molecule has 7 heteroatoms. The van der Waals surface area contributed by atoms with Crippen molar-refractivity contribution in [2.45, 2.75) is 44.7 Å². The summed E-state index contributed by atoms with van der Waals surface area (Å²) in [6.45, 7) is 1.95. The van der Waals surface area contributed by atoms with Gasteiger partial charge in [-0.3, -0.25) is 0 Å². The summed E-state index contributed by atoms with van der Waals surface area (Å²) in [6.07, 6.45) is 2.58. The molecule has 0 saturated heterocycles. The summed E-state index contributed by atoms with van der Waals surface area (Å²) < 4.78 is 0. The highest BCUT2D eigenvalue weighted by Gasteiger charge is 2.22. The number of hydrogen-bond donors (Lipinski definition) is 3. The Hall–Kier alpha value is -2.05. The largest absolute Gasteiger partial charge is 0.465 e. The Balaban J connectivity index is 1.93. The molecule has 0 radical (unpaired) electrons. The molecule has 1 aromatic rings. The van der Waals surface area contributed by atoms with E-state index in [9.17, 15) is 4.79 Å². The second-order valence-electron chi connectivity index (χ2n) is 5.73. The lowest BCUT2D eigenvalue weighted by Crippen LogP contribution is -2.39. The number of aryl methyl sites for hydroxylation is 1. The number of nitrogens with zero attached hydrogens (tertiary/aromatic N) is 3. The molecular weight excluding hydrogens is 270 g/mol. The average molecular weight is 293 g/mol. The van der Waals surface area contributed by atoms with E-state index in [-0.39, 0.29) is 6.04 Å². The Labute approximate surface area is 124 Å². The predicted molar refractivity (Wildman–Crippen MR) is 81.9 cm³/mol. The molecule has 1 amide bonds. The van der Waals surface area contributed by atoms with E-state index < -0.39 is 6.09 Å². The normalized spacial score (nSPS) is 21.7. The number of anilines is 2. The fourth-order valence-electron chi connectivity index (χ4n) is 2.58. The van der Waals surface area contributed by atoms with Crippen molar-refractivity contribution in [1.82, 2.24) is 15.3 Å². The van der Waals surface area contributed by atoms with Crippen LogP contribution in [0.25, 0.3) is 0 Å². The quantitative estimate of drug-likeness (QED) is 0.785. The highest BCUT2D eigenvalue weighted by Crippen LogP contribution is 2.22. The third kappa shape index (κ3) is 4.47. The van der Waals surface area contributed by atoms with E-state index in [0.717, 1.165) is 37.2 Å². The Morgan fingerprint density at radius 1 is 1.24 bits per heavy atom. The molecule has 2 rings (SSSR count). The van der Waals surface area contributed by atoms with Crippen LogP contribution in [0.15, 0.2) is 6.07 Å². The molecule has 0 aliphatic heterocycles. The van der Waals surface area contributed by atoms with Gasteiger partial charge in [-0.1, -0.05) is 0 Å². The maximum Gasteiger partial charge on any atom is 0.404 e. The van der Waals surface area contributed by atoms with Gasteiger partial charge in [0.25, 0.3) is 0 Å². The maximum atomic E-state index is 10.6. The lowest BCUT2D eigenvalue weighted by molar-refractivity contribution is 0.185. The summed E-state index contributed by atoms with van der Waals surface area (Å²) in [5.74, 6) is 1.53. The van der Waals surface area contributed by atoms with Gasteiger partial charge in [0.15, 0.2) is 0 Å². The number of rotatable bonds is 4. The van der Waals surface area contributed by atoms with Gasteiger partial charge < -0.3 is 20.6 Å². The Morgan fingerprint density at radius 3 is 2.43 bits per heavy atom. The van der Waals surface area contributed by atoms with Crippen LogP contribution in [0, 0.1) is 6.92 Å². The molecule has 116 valence electrons. The first-order valence-electron chi connectivity index (χ1n) is 7.23. The number of carbonyl (C=O) groups is 1. The molecule has 0 unspecified atom stereocenters. The summed E-state index contributed by atoms with van der Waals surface area (Å²) >= 11 is 0. The van der Waals surface area contributed by atoms with Crippen LogP contribution in [-0.2, 0) is 0 Å². The SMILES string of the molecule is Cc1cc(N(C)C)nc(NC2CCC(NC(=O)O)CC2)n1. The molecular formula is C14H23N5O2. The zero-order valence-corrected chi connectivity index (χ0v) is 12.8. The lowest BCUT2D eigenvalue weighted by Gasteiger charge is -2.29. The number of aromatic nitrogens is 2. The van der Waals surface area contributed by atoms with Gasteiger partial charge in [0.2, 0.25) is 5.95 Å². The Kier molecular flexibility index (Phi) is 4.82. The van der Waals surface area contributed by atoms with Crippen LogP contribution in [0.1, 0.15) is 31.4 Å². The molecule has 3 N–H and O–H groups in total. The van der Waals surface area contributed by atoms with Crippen LogP contribution < -0.4 is 15.5 Å². The second kappa shape index (κ2) is 6.60. The number of hydrogen-bond acceptors (Lipinski definition) is 5. The number of carboxylic acid groups (broad SMARTS) is 1. The van der Waals surface area contributed by atoms with Gasteiger partial charge in [0.05, 0.1) is 0 Å². The Bertz CT molecular complexity index is 498. The van der Waals surface area contributed by atoms with E-state index in [1.807, 2.05) is 32.0 Å². The van der Waals surface area contributed by atoms with E-state index in [1.165, 1.54) is 0 Å². The van der Waals surface area contributed by atoms with Crippen molar-refractivity contribution < 1.29 is 9.90 Å². The van der Waals surface area contributed by atoms with Crippen LogP contribution in [0.5, 0.6) is 0 Å². The van der Waals surface area contributed by atoms with Gasteiger partial charge >= 0.3 is 6.09 Å². The predicted octanol–water partition coefficient (Wildman–Crippen LogP) is 1.84. The average Bonchev–Trinajstić information content (AvgIpc) is 2.39. The van der Waals surface area contributed by atoms with Gasteiger partial charge in [0.1, 0.15) is 5.82 Å². The first-order chi connectivity index (χ1) is 9.94. The van der Waals surface area contributed by atoms with E-state index in [4.69, 9.17) is 5.11 Å². The smallest absolute Gasteiger partial charge is 0.404 e. The number of nitrogens with one attached hydrogen (secondary N) is 2. The van der Waals surface area contributed by atoms with Crippen molar-refractivity contribution in [3.8, 4) is 0 Å². The minimum atomic E-state index is -0.941. The molecule has 1 fully saturated rings. The van der Waals surface area contributed by atoms with Gasteiger partial charge in [-0.15, -0.1) is 0 Å². The van der Waals surface area contributed by atoms with Gasteiger partial charge in [-0.2, -0.15) is 4.98 Å². The summed E-state index contributed by atoms with van der Waals surface area (Å²) in [5.41, 5.74) is 0.928. The highest BCUT2D eigenvalue weighted by molar-refractivity contribution is 5.64. The van der Waals surface area contributed by atoms with E-state index in [1.54, 1.807) is 0 Å². The van der Waals surface area contributed by atoms with E-state index in [0.29, 0.717) is 12.0 Å². The zero-order valence-electron chi connectivity index (χ0n) is 12.8. The van der Waals surface area contributed by atoms with Crippen molar-refractivity contribution in [1.29, 1.82) is 0 Å². The summed E-state index contributed by atoms with van der Waals surface area (Å²) in [7, 11) is 3.91. The molecule has 0 aromatic carbocycles. The molecule has 1 aromatic heterocycles. The molecule has 1 aliphatic carbocycles. The third-order valence-electron chi connectivity index (χ3n) is 3.69. The van der Waals surface area contributed by atoms with Crippen LogP contribution >= 0.6 is 0 Å². The van der Waals surface area contributed by atoms with Crippen molar-refractivity contribution in [2.75, 3.05) is 24.3 Å². The van der Waals surface area contributed by atoms with Crippen LogP contribution in [0.2, 0.25) is 0 Å². The molecule has 1 aliphatic rings. The summed E-state index contributed by atoms with van der Waals surface area (Å²) in [6, 6.07) is 2.31. The number of amides is 1. The van der Waals surface area contributed by atoms with Crippen LogP contribution in [0.3, 0.4) is 0 Å². The van der Waals surface area contributed by atoms with Gasteiger partial charge in [-0.25, -0.2) is 9.78 Å². The molecule has 1 saturated carbocycles. The van der Waals surface area contributed by atoms with Crippen LogP contribution in [-0.4, -0.2) is 47.3 Å². The fourth-order valence-corrected chi connectivity index (χ4v) is 2.58. The third-order valence-corrected chi connectivity index (χ3v) is 3.69. The molecule has 7 nitrogen and oxygen atoms in total. The molecule has 1 heterocycles. The summed E-state index contributed by atoms with van der Waals surface area (Å²) in [4.78, 5) is 21.5. The molecule has 0 spiro atoms. The minimum absolute atomic E-state index is 0.0660. The Morgan fingerprint density at radius 2 is 1.86 bits per heavy atom. The van der Waals surface area contributed by atoms with E-state index in [2.05, 4.69) is 20.6 Å². The van der Waals surface area contributed by atoms with Crippen molar-refractivity contribution in [3.05, 3.63) is 11.8 Å². The molecule has 0 atom stereocenters. The van der Waals surface area contributed by atoms with Crippen molar-refractivity contribution in [3.63, 3.8) is 0 Å². The van der Waals surface area contributed by atoms with Gasteiger partial charge in [0, 0.05) is 37.9 Å². The van der Waals surface area contributed by atoms with Crippen LogP contribution in [0.4, 0.5) is 16.6 Å². The zero-order chi connectivity index (χ0) is 15.4. The maximum absolute atomic E-state index is 10.6. The van der Waals surface area contributed by atoms with Gasteiger partial charge in [-0.05, 0) is 32.6 Å². The molecule has 0 bridgehead atoms. The van der Waals surface area contributed by atoms with Crippen molar-refractivity contribution >= 4 is 17.9 Å². The lowest BCUT2D eigenvalue weighted by atomic mass is 9.91. The standard InChI is InChI=1S/C14H23N5O2/c1-9-8-12(19(2)3)18-13(15-9)16-10-4-6-11(7-5-10)17-14(20)21/h8,10-11,17H,4-7H2,1-3H3,(H,20,21)(H,15,16,18). The van der Waals surface area contributed by atoms with E-state index >= 15 is 0 Å². The summed E-state index contributed by atoms with van der Waals surface area (Å²) in [5, 5.41) is 14.6. The minimum Gasteiger partial charge on any atom is -0.465 e. The monoisotopic (exact) mass is 293 g/mol. The topological polar surface area (TPSA) is 90.4 Å². The van der Waals surface area contributed by atoms with Crippen molar-refractivity contribution in [2.24, 2.45) is 0 Å². The first-order valence-corrected chi connectivity index (χ1v) is 7.23. The first kappa shape index (κ1) is 15.3. The fraction of sp³-hybridized carbons (Fsp3) is 0.643. The second-order valence-corrected chi connectivity index (χ2v) is 5.73.